The zero-order valence-electron chi connectivity index (χ0n) is 12.9. The van der Waals surface area contributed by atoms with E-state index in [-0.39, 0.29) is 11.8 Å². The molecule has 1 fully saturated rings. The fraction of sp³-hybridized carbons (Fsp3) is 0.312. The first-order valence-corrected chi connectivity index (χ1v) is 8.98. The maximum atomic E-state index is 12.6. The predicted molar refractivity (Wildman–Crippen MR) is 95.6 cm³/mol. The van der Waals surface area contributed by atoms with Crippen molar-refractivity contribution in [3.05, 3.63) is 44.3 Å². The number of nitrogens with zero attached hydrogens (tertiary/aromatic N) is 2. The Morgan fingerprint density at radius 3 is 2.96 bits per heavy atom. The van der Waals surface area contributed by atoms with E-state index in [1.54, 1.807) is 24.4 Å². The van der Waals surface area contributed by atoms with Crippen molar-refractivity contribution in [2.45, 2.75) is 19.9 Å². The number of nitrogens with one attached hydrogen (secondary N) is 1. The molecule has 0 saturated carbocycles. The number of thiazole rings is 1. The Balaban J connectivity index is 1.67. The molecule has 1 aliphatic heterocycles. The smallest absolute Gasteiger partial charge is 0.239 e. The Kier molecular flexibility index (Phi) is 5.08. The summed E-state index contributed by atoms with van der Waals surface area (Å²) in [4.78, 5) is 31.5. The Hall–Kier alpha value is -1.63. The second kappa shape index (κ2) is 7.09. The van der Waals surface area contributed by atoms with Crippen LogP contribution in [0.25, 0.3) is 0 Å². The lowest BCUT2D eigenvalue weighted by Crippen LogP contribution is -2.36. The molecule has 1 N–H and O–H groups in total. The number of carbonyl (C=O) groups is 2. The minimum absolute atomic E-state index is 0.253. The van der Waals surface area contributed by atoms with Gasteiger partial charge in [-0.15, -0.1) is 11.3 Å². The van der Waals surface area contributed by atoms with Gasteiger partial charge in [-0.1, -0.05) is 23.2 Å². The van der Waals surface area contributed by atoms with Gasteiger partial charge in [0.15, 0.2) is 0 Å². The highest BCUT2D eigenvalue weighted by atomic mass is 35.5. The van der Waals surface area contributed by atoms with Crippen molar-refractivity contribution in [1.29, 1.82) is 0 Å². The molecule has 1 aromatic heterocycles. The average molecular weight is 384 g/mol. The van der Waals surface area contributed by atoms with Gasteiger partial charge < -0.3 is 10.2 Å². The van der Waals surface area contributed by atoms with Crippen molar-refractivity contribution in [3.63, 3.8) is 0 Å². The summed E-state index contributed by atoms with van der Waals surface area (Å²) in [5.74, 6) is -1.22. The van der Waals surface area contributed by atoms with Crippen molar-refractivity contribution in [1.82, 2.24) is 10.3 Å². The van der Waals surface area contributed by atoms with E-state index in [1.165, 1.54) is 16.2 Å². The number of anilines is 1. The third kappa shape index (κ3) is 3.55. The molecule has 1 aliphatic rings. The number of hydrogen-bond donors (Lipinski definition) is 1. The molecule has 126 valence electrons. The molecule has 0 bridgehead atoms. The van der Waals surface area contributed by atoms with Gasteiger partial charge in [0.1, 0.15) is 5.92 Å². The molecular formula is C16H15Cl2N3O2S. The van der Waals surface area contributed by atoms with Gasteiger partial charge in [0, 0.05) is 22.6 Å². The number of rotatable bonds is 4. The highest BCUT2D eigenvalue weighted by Gasteiger charge is 2.38. The van der Waals surface area contributed by atoms with E-state index in [4.69, 9.17) is 23.2 Å². The summed E-state index contributed by atoms with van der Waals surface area (Å²) >= 11 is 13.7. The van der Waals surface area contributed by atoms with Crippen LogP contribution in [0.1, 0.15) is 16.3 Å². The first-order chi connectivity index (χ1) is 11.5. The van der Waals surface area contributed by atoms with Gasteiger partial charge in [-0.2, -0.15) is 0 Å². The molecule has 3 rings (SSSR count). The third-order valence-corrected chi connectivity index (χ3v) is 5.29. The van der Waals surface area contributed by atoms with Crippen molar-refractivity contribution >= 4 is 52.0 Å². The summed E-state index contributed by atoms with van der Waals surface area (Å²) in [6, 6.07) is 4.95. The summed E-state index contributed by atoms with van der Waals surface area (Å²) in [6.07, 6.45) is 2.18. The third-order valence-electron chi connectivity index (χ3n) is 3.83. The Morgan fingerprint density at radius 1 is 1.46 bits per heavy atom. The van der Waals surface area contributed by atoms with E-state index in [2.05, 4.69) is 10.3 Å². The average Bonchev–Trinajstić information content (AvgIpc) is 3.13. The minimum Gasteiger partial charge on any atom is -0.350 e. The molecule has 0 spiro atoms. The van der Waals surface area contributed by atoms with Gasteiger partial charge in [0.2, 0.25) is 11.8 Å². The number of carbonyl (C=O) groups excluding carboxylic acids is 2. The SMILES string of the molecule is Cc1ncc(CNC(=O)C2CCN(c3cc(Cl)ccc3Cl)C2=O)s1. The van der Waals surface area contributed by atoms with E-state index in [0.717, 1.165) is 9.88 Å². The van der Waals surface area contributed by atoms with Crippen molar-refractivity contribution in [3.8, 4) is 0 Å². The topological polar surface area (TPSA) is 62.3 Å². The van der Waals surface area contributed by atoms with Gasteiger partial charge >= 0.3 is 0 Å². The van der Waals surface area contributed by atoms with Crippen LogP contribution in [-0.2, 0) is 16.1 Å². The lowest BCUT2D eigenvalue weighted by molar-refractivity contribution is -0.132. The first-order valence-electron chi connectivity index (χ1n) is 7.41. The van der Waals surface area contributed by atoms with Crippen molar-refractivity contribution < 1.29 is 9.59 Å². The highest BCUT2D eigenvalue weighted by molar-refractivity contribution is 7.11. The molecular weight excluding hydrogens is 369 g/mol. The lowest BCUT2D eigenvalue weighted by Gasteiger charge is -2.18. The zero-order valence-corrected chi connectivity index (χ0v) is 15.2. The maximum Gasteiger partial charge on any atom is 0.239 e. The largest absolute Gasteiger partial charge is 0.350 e. The number of hydrogen-bond acceptors (Lipinski definition) is 4. The van der Waals surface area contributed by atoms with Crippen LogP contribution in [0, 0.1) is 12.8 Å². The molecule has 1 aromatic carbocycles. The molecule has 5 nitrogen and oxygen atoms in total. The van der Waals surface area contributed by atoms with Crippen molar-refractivity contribution in [2.75, 3.05) is 11.4 Å². The molecule has 2 amide bonds. The second-order valence-corrected chi connectivity index (χ2v) is 7.65. The number of amides is 2. The molecule has 8 heteroatoms. The standard InChI is InChI=1S/C16H15Cl2N3O2S/c1-9-19-7-11(24-9)8-20-15(22)12-4-5-21(16(12)23)14-6-10(17)2-3-13(14)18/h2-3,6-7,12H,4-5,8H2,1H3,(H,20,22). The number of aromatic nitrogens is 1. The Labute approximate surface area is 153 Å². The molecule has 2 aromatic rings. The normalized spacial score (nSPS) is 17.4. The van der Waals surface area contributed by atoms with Gasteiger partial charge in [-0.3, -0.25) is 9.59 Å². The summed E-state index contributed by atoms with van der Waals surface area (Å²) in [7, 11) is 0. The number of halogens is 2. The maximum absolute atomic E-state index is 12.6. The second-order valence-electron chi connectivity index (χ2n) is 5.49. The minimum atomic E-state index is -0.700. The van der Waals surface area contributed by atoms with Crippen LogP contribution < -0.4 is 10.2 Å². The highest BCUT2D eigenvalue weighted by Crippen LogP contribution is 2.33. The van der Waals surface area contributed by atoms with E-state index < -0.39 is 5.92 Å². The molecule has 1 atom stereocenters. The summed E-state index contributed by atoms with van der Waals surface area (Å²) in [5.41, 5.74) is 0.544. The van der Waals surface area contributed by atoms with Crippen LogP contribution in [-0.4, -0.2) is 23.3 Å². The fourth-order valence-electron chi connectivity index (χ4n) is 2.64. The summed E-state index contributed by atoms with van der Waals surface area (Å²) in [6.45, 7) is 2.73. The molecule has 0 aliphatic carbocycles. The van der Waals surface area contributed by atoms with E-state index in [9.17, 15) is 9.59 Å². The lowest BCUT2D eigenvalue weighted by atomic mass is 10.1. The molecule has 1 saturated heterocycles. The van der Waals surface area contributed by atoms with Gasteiger partial charge in [0.05, 0.1) is 22.3 Å². The number of aryl methyl sites for hydroxylation is 1. The molecule has 24 heavy (non-hydrogen) atoms. The van der Waals surface area contributed by atoms with E-state index in [0.29, 0.717) is 35.2 Å². The van der Waals surface area contributed by atoms with E-state index in [1.807, 2.05) is 6.92 Å². The number of benzene rings is 1. The zero-order chi connectivity index (χ0) is 17.3. The van der Waals surface area contributed by atoms with Crippen LogP contribution >= 0.6 is 34.5 Å². The Bertz CT molecular complexity index is 793. The quantitative estimate of drug-likeness (QED) is 0.822. The fourth-order valence-corrected chi connectivity index (χ4v) is 3.76. The summed E-state index contributed by atoms with van der Waals surface area (Å²) < 4.78 is 0. The molecule has 0 radical (unpaired) electrons. The van der Waals surface area contributed by atoms with Crippen LogP contribution in [0.15, 0.2) is 24.4 Å². The van der Waals surface area contributed by atoms with Crippen LogP contribution in [0.2, 0.25) is 10.0 Å². The summed E-state index contributed by atoms with van der Waals surface area (Å²) in [5, 5.41) is 4.68. The van der Waals surface area contributed by atoms with Crippen LogP contribution in [0.3, 0.4) is 0 Å². The monoisotopic (exact) mass is 383 g/mol. The van der Waals surface area contributed by atoms with Gasteiger partial charge in [-0.25, -0.2) is 4.98 Å². The van der Waals surface area contributed by atoms with Gasteiger partial charge in [0.25, 0.3) is 0 Å². The molecule has 1 unspecified atom stereocenters. The van der Waals surface area contributed by atoms with Gasteiger partial charge in [-0.05, 0) is 31.5 Å². The van der Waals surface area contributed by atoms with Crippen molar-refractivity contribution in [2.24, 2.45) is 5.92 Å². The van der Waals surface area contributed by atoms with E-state index >= 15 is 0 Å². The predicted octanol–water partition coefficient (Wildman–Crippen LogP) is 3.43. The van der Waals surface area contributed by atoms with Crippen LogP contribution in [0.5, 0.6) is 0 Å². The first kappa shape index (κ1) is 17.2. The Morgan fingerprint density at radius 2 is 2.25 bits per heavy atom. The molecule has 2 heterocycles. The van der Waals surface area contributed by atoms with Crippen LogP contribution in [0.4, 0.5) is 5.69 Å².